The number of thioether (sulfide) groups is 1. The maximum atomic E-state index is 12.6. The van der Waals surface area contributed by atoms with Gasteiger partial charge in [0, 0.05) is 11.4 Å². The molecule has 170 valence electrons. The van der Waals surface area contributed by atoms with E-state index >= 15 is 0 Å². The molecule has 0 radical (unpaired) electrons. The summed E-state index contributed by atoms with van der Waals surface area (Å²) < 4.78 is 12.8. The first kappa shape index (κ1) is 23.8. The number of nitrogens with one attached hydrogen (secondary N) is 1. The molecule has 1 unspecified atom stereocenters. The topological polar surface area (TPSA) is 95.3 Å². The van der Waals surface area contributed by atoms with E-state index in [1.807, 2.05) is 62.6 Å². The summed E-state index contributed by atoms with van der Waals surface area (Å²) in [5.74, 6) is 0.876. The molecule has 0 saturated heterocycles. The number of carbonyl (C=O) groups excluding carboxylic acids is 2. The molecule has 0 saturated carbocycles. The fourth-order valence-electron chi connectivity index (χ4n) is 3.12. The summed E-state index contributed by atoms with van der Waals surface area (Å²) in [7, 11) is 1.33. The van der Waals surface area contributed by atoms with Gasteiger partial charge in [-0.15, -0.1) is 21.5 Å². The Morgan fingerprint density at radius 2 is 1.94 bits per heavy atom. The molecular formula is C22H26N4O4S2. The first-order chi connectivity index (χ1) is 15.3. The zero-order chi connectivity index (χ0) is 23.3. The monoisotopic (exact) mass is 474 g/mol. The number of carbonyl (C=O) groups is 2. The van der Waals surface area contributed by atoms with Crippen molar-refractivity contribution in [2.24, 2.45) is 0 Å². The van der Waals surface area contributed by atoms with Crippen LogP contribution < -0.4 is 10.1 Å². The van der Waals surface area contributed by atoms with E-state index in [0.717, 1.165) is 16.2 Å². The quantitative estimate of drug-likeness (QED) is 0.357. The van der Waals surface area contributed by atoms with Crippen LogP contribution in [0.1, 0.15) is 46.6 Å². The third-order valence-corrected chi connectivity index (χ3v) is 6.93. The van der Waals surface area contributed by atoms with Crippen molar-refractivity contribution in [1.29, 1.82) is 0 Å². The summed E-state index contributed by atoms with van der Waals surface area (Å²) in [6.45, 7) is 8.30. The van der Waals surface area contributed by atoms with Gasteiger partial charge in [-0.3, -0.25) is 4.79 Å². The standard InChI is InChI=1S/C22H26N4O4S2/c1-6-26-19(14(3)30-16-10-8-7-9-11-16)24-25-22(26)31-12-17(27)23-20-18(21(28)29-5)13(2)15(4)32-20/h7-11,14H,6,12H2,1-5H3,(H,23,27). The van der Waals surface area contributed by atoms with Gasteiger partial charge >= 0.3 is 5.97 Å². The largest absolute Gasteiger partial charge is 0.483 e. The van der Waals surface area contributed by atoms with Gasteiger partial charge in [0.25, 0.3) is 0 Å². The predicted molar refractivity (Wildman–Crippen MR) is 126 cm³/mol. The molecule has 8 nitrogen and oxygen atoms in total. The average molecular weight is 475 g/mol. The highest BCUT2D eigenvalue weighted by atomic mass is 32.2. The molecule has 1 aromatic carbocycles. The van der Waals surface area contributed by atoms with Crippen LogP contribution in [-0.4, -0.2) is 39.5 Å². The minimum absolute atomic E-state index is 0.128. The normalized spacial score (nSPS) is 11.8. The lowest BCUT2D eigenvalue weighted by Crippen LogP contribution is -2.17. The van der Waals surface area contributed by atoms with Gasteiger partial charge in [-0.1, -0.05) is 30.0 Å². The number of para-hydroxylation sites is 1. The van der Waals surface area contributed by atoms with E-state index in [0.29, 0.717) is 28.1 Å². The lowest BCUT2D eigenvalue weighted by atomic mass is 10.1. The van der Waals surface area contributed by atoms with E-state index in [9.17, 15) is 9.59 Å². The molecule has 10 heteroatoms. The van der Waals surface area contributed by atoms with Crippen molar-refractivity contribution in [3.05, 3.63) is 52.2 Å². The Labute approximate surface area is 195 Å². The predicted octanol–water partition coefficient (Wildman–Crippen LogP) is 4.63. The highest BCUT2D eigenvalue weighted by Crippen LogP contribution is 2.33. The first-order valence-electron chi connectivity index (χ1n) is 10.1. The first-order valence-corrected chi connectivity index (χ1v) is 11.9. The van der Waals surface area contributed by atoms with Crippen molar-refractivity contribution >= 4 is 40.0 Å². The van der Waals surface area contributed by atoms with E-state index in [-0.39, 0.29) is 17.8 Å². The van der Waals surface area contributed by atoms with Gasteiger partial charge in [0.2, 0.25) is 5.91 Å². The minimum atomic E-state index is -0.461. The minimum Gasteiger partial charge on any atom is -0.483 e. The zero-order valence-electron chi connectivity index (χ0n) is 18.7. The van der Waals surface area contributed by atoms with Crippen molar-refractivity contribution in [3.8, 4) is 5.75 Å². The molecule has 0 aliphatic rings. The maximum absolute atomic E-state index is 12.6. The average Bonchev–Trinajstić information content (AvgIpc) is 3.32. The number of thiophene rings is 1. The van der Waals surface area contributed by atoms with E-state index < -0.39 is 5.97 Å². The number of hydrogen-bond donors (Lipinski definition) is 1. The second kappa shape index (κ2) is 10.6. The van der Waals surface area contributed by atoms with Crippen molar-refractivity contribution < 1.29 is 19.1 Å². The number of esters is 1. The number of nitrogens with zero attached hydrogens (tertiary/aromatic N) is 3. The van der Waals surface area contributed by atoms with Crippen LogP contribution in [0.4, 0.5) is 5.00 Å². The molecule has 0 aliphatic carbocycles. The molecule has 3 rings (SSSR count). The van der Waals surface area contributed by atoms with E-state index in [1.54, 1.807) is 0 Å². The number of rotatable bonds is 9. The summed E-state index contributed by atoms with van der Waals surface area (Å²) in [6, 6.07) is 9.53. The van der Waals surface area contributed by atoms with E-state index in [2.05, 4.69) is 15.5 Å². The number of aromatic nitrogens is 3. The Morgan fingerprint density at radius 3 is 2.59 bits per heavy atom. The van der Waals surface area contributed by atoms with Crippen LogP contribution in [0.2, 0.25) is 0 Å². The van der Waals surface area contributed by atoms with Crippen LogP contribution in [0, 0.1) is 13.8 Å². The number of aryl methyl sites for hydroxylation is 1. The molecule has 3 aromatic rings. The Bertz CT molecular complexity index is 1100. The van der Waals surface area contributed by atoms with Crippen LogP contribution in [0.5, 0.6) is 5.75 Å². The maximum Gasteiger partial charge on any atom is 0.341 e. The number of amides is 1. The van der Waals surface area contributed by atoms with Crippen molar-refractivity contribution in [3.63, 3.8) is 0 Å². The van der Waals surface area contributed by atoms with Gasteiger partial charge in [0.15, 0.2) is 17.1 Å². The molecule has 1 amide bonds. The summed E-state index contributed by atoms with van der Waals surface area (Å²) in [6.07, 6.45) is -0.298. The van der Waals surface area contributed by atoms with Gasteiger partial charge in [0.05, 0.1) is 18.4 Å². The molecule has 0 fully saturated rings. The van der Waals surface area contributed by atoms with Crippen molar-refractivity contribution in [1.82, 2.24) is 14.8 Å². The number of hydrogen-bond acceptors (Lipinski definition) is 8. The number of anilines is 1. The Balaban J connectivity index is 1.67. The Morgan fingerprint density at radius 1 is 1.22 bits per heavy atom. The highest BCUT2D eigenvalue weighted by molar-refractivity contribution is 7.99. The van der Waals surface area contributed by atoms with Crippen LogP contribution in [0.25, 0.3) is 0 Å². The van der Waals surface area contributed by atoms with Crippen molar-refractivity contribution in [2.45, 2.75) is 45.5 Å². The van der Waals surface area contributed by atoms with E-state index in [1.165, 1.54) is 30.2 Å². The summed E-state index contributed by atoms with van der Waals surface area (Å²) in [5, 5.41) is 12.5. The molecule has 2 heterocycles. The number of benzene rings is 1. The molecule has 2 aromatic heterocycles. The molecule has 32 heavy (non-hydrogen) atoms. The highest BCUT2D eigenvalue weighted by Gasteiger charge is 2.23. The second-order valence-corrected chi connectivity index (χ2v) is 9.14. The van der Waals surface area contributed by atoms with Gasteiger partial charge in [-0.25, -0.2) is 4.79 Å². The molecule has 0 bridgehead atoms. The van der Waals surface area contributed by atoms with Crippen LogP contribution in [0.15, 0.2) is 35.5 Å². The zero-order valence-corrected chi connectivity index (χ0v) is 20.3. The number of ether oxygens (including phenoxy) is 2. The van der Waals surface area contributed by atoms with Gasteiger partial charge in [-0.05, 0) is 45.4 Å². The fraction of sp³-hybridized carbons (Fsp3) is 0.364. The summed E-state index contributed by atoms with van der Waals surface area (Å²) in [5.41, 5.74) is 1.21. The molecule has 0 spiro atoms. The smallest absolute Gasteiger partial charge is 0.341 e. The van der Waals surface area contributed by atoms with Gasteiger partial charge < -0.3 is 19.4 Å². The van der Waals surface area contributed by atoms with Crippen LogP contribution in [-0.2, 0) is 16.1 Å². The molecule has 0 aliphatic heterocycles. The summed E-state index contributed by atoms with van der Waals surface area (Å²) in [4.78, 5) is 25.7. The van der Waals surface area contributed by atoms with Gasteiger partial charge in [-0.2, -0.15) is 0 Å². The molecule has 1 atom stereocenters. The number of methoxy groups -OCH3 is 1. The molecule has 1 N–H and O–H groups in total. The van der Waals surface area contributed by atoms with Crippen molar-refractivity contribution in [2.75, 3.05) is 18.2 Å². The Kier molecular flexibility index (Phi) is 7.92. The third-order valence-electron chi connectivity index (χ3n) is 4.84. The van der Waals surface area contributed by atoms with Crippen LogP contribution in [0.3, 0.4) is 0 Å². The lowest BCUT2D eigenvalue weighted by Gasteiger charge is -2.15. The second-order valence-electron chi connectivity index (χ2n) is 6.97. The van der Waals surface area contributed by atoms with Gasteiger partial charge in [0.1, 0.15) is 10.8 Å². The molecular weight excluding hydrogens is 448 g/mol. The summed E-state index contributed by atoms with van der Waals surface area (Å²) >= 11 is 2.64. The van der Waals surface area contributed by atoms with E-state index in [4.69, 9.17) is 9.47 Å². The Hall–Kier alpha value is -2.85. The third kappa shape index (κ3) is 5.31. The SMILES string of the molecule is CCn1c(SCC(=O)Nc2sc(C)c(C)c2C(=O)OC)nnc1C(C)Oc1ccccc1. The lowest BCUT2D eigenvalue weighted by molar-refractivity contribution is -0.113. The van der Waals surface area contributed by atoms with Crippen LogP contribution >= 0.6 is 23.1 Å². The fourth-order valence-corrected chi connectivity index (χ4v) is 4.99.